The molecular formula is C16H16Cl2N4O4. The second-order valence-electron chi connectivity index (χ2n) is 6.37. The minimum absolute atomic E-state index is 0.0786. The predicted molar refractivity (Wildman–Crippen MR) is 93.8 cm³/mol. The number of urea groups is 2. The van der Waals surface area contributed by atoms with E-state index in [2.05, 4.69) is 16.0 Å². The van der Waals surface area contributed by atoms with E-state index in [4.69, 9.17) is 23.2 Å². The maximum atomic E-state index is 12.8. The molecule has 1 aliphatic heterocycles. The Labute approximate surface area is 159 Å². The van der Waals surface area contributed by atoms with E-state index in [0.29, 0.717) is 10.6 Å². The van der Waals surface area contributed by atoms with Crippen LogP contribution in [0, 0.1) is 0 Å². The van der Waals surface area contributed by atoms with E-state index in [-0.39, 0.29) is 11.1 Å². The predicted octanol–water partition coefficient (Wildman–Crippen LogP) is 1.75. The van der Waals surface area contributed by atoms with Crippen LogP contribution in [0.15, 0.2) is 18.2 Å². The van der Waals surface area contributed by atoms with E-state index in [1.165, 1.54) is 19.1 Å². The van der Waals surface area contributed by atoms with E-state index in [1.807, 2.05) is 0 Å². The Kier molecular flexibility index (Phi) is 4.81. The van der Waals surface area contributed by atoms with Gasteiger partial charge >= 0.3 is 12.1 Å². The van der Waals surface area contributed by atoms with Crippen LogP contribution in [0.4, 0.5) is 9.59 Å². The van der Waals surface area contributed by atoms with Crippen molar-refractivity contribution in [2.75, 3.05) is 6.54 Å². The summed E-state index contributed by atoms with van der Waals surface area (Å²) in [6.45, 7) is 0.906. The Bertz CT molecular complexity index is 811. The van der Waals surface area contributed by atoms with Crippen molar-refractivity contribution in [3.05, 3.63) is 33.8 Å². The van der Waals surface area contributed by atoms with Crippen LogP contribution < -0.4 is 16.0 Å². The van der Waals surface area contributed by atoms with Crippen molar-refractivity contribution in [2.24, 2.45) is 0 Å². The van der Waals surface area contributed by atoms with Crippen molar-refractivity contribution >= 4 is 47.1 Å². The van der Waals surface area contributed by atoms with Gasteiger partial charge in [0.25, 0.3) is 5.91 Å². The lowest BCUT2D eigenvalue weighted by atomic mass is 9.92. The number of nitrogens with one attached hydrogen (secondary N) is 3. The maximum Gasteiger partial charge on any atom is 0.325 e. The third kappa shape index (κ3) is 3.61. The maximum absolute atomic E-state index is 12.8. The van der Waals surface area contributed by atoms with E-state index in [0.717, 1.165) is 17.7 Å². The van der Waals surface area contributed by atoms with E-state index in [9.17, 15) is 19.2 Å². The Morgan fingerprint density at radius 1 is 1.31 bits per heavy atom. The van der Waals surface area contributed by atoms with Crippen molar-refractivity contribution in [3.63, 3.8) is 0 Å². The smallest absolute Gasteiger partial charge is 0.325 e. The van der Waals surface area contributed by atoms with Gasteiger partial charge in [0, 0.05) is 21.7 Å². The topological polar surface area (TPSA) is 108 Å². The van der Waals surface area contributed by atoms with Crippen molar-refractivity contribution in [2.45, 2.75) is 31.3 Å². The average molecular weight is 399 g/mol. The summed E-state index contributed by atoms with van der Waals surface area (Å²) in [5, 5.41) is 7.82. The highest BCUT2D eigenvalue weighted by Crippen LogP contribution is 2.34. The molecule has 6 amide bonds. The van der Waals surface area contributed by atoms with Gasteiger partial charge in [0.2, 0.25) is 5.91 Å². The summed E-state index contributed by atoms with van der Waals surface area (Å²) in [4.78, 5) is 49.3. The van der Waals surface area contributed by atoms with Gasteiger partial charge < -0.3 is 10.6 Å². The molecule has 0 radical (unpaired) electrons. The molecule has 1 aromatic carbocycles. The summed E-state index contributed by atoms with van der Waals surface area (Å²) in [6.07, 6.45) is 1.74. The molecule has 10 heteroatoms. The molecule has 8 nitrogen and oxygen atoms in total. The van der Waals surface area contributed by atoms with Gasteiger partial charge in [0.1, 0.15) is 12.1 Å². The minimum atomic E-state index is -1.44. The summed E-state index contributed by atoms with van der Waals surface area (Å²) >= 11 is 12.0. The number of halogens is 2. The van der Waals surface area contributed by atoms with Gasteiger partial charge in [-0.1, -0.05) is 29.3 Å². The molecule has 2 aliphatic rings. The molecule has 138 valence electrons. The van der Waals surface area contributed by atoms with Gasteiger partial charge in [-0.3, -0.25) is 19.8 Å². The summed E-state index contributed by atoms with van der Waals surface area (Å²) in [7, 11) is 0. The number of imide groups is 2. The number of benzene rings is 1. The molecule has 3 rings (SSSR count). The lowest BCUT2D eigenvalue weighted by molar-refractivity contribution is -0.134. The first-order chi connectivity index (χ1) is 12.2. The van der Waals surface area contributed by atoms with Gasteiger partial charge in [0.15, 0.2) is 0 Å². The van der Waals surface area contributed by atoms with Crippen LogP contribution in [0.25, 0.3) is 0 Å². The van der Waals surface area contributed by atoms with Crippen molar-refractivity contribution < 1.29 is 19.2 Å². The highest BCUT2D eigenvalue weighted by atomic mass is 35.5. The highest BCUT2D eigenvalue weighted by Gasteiger charge is 2.50. The standard InChI is InChI=1S/C16H16Cl2N4O4/c1-16(10-5-2-8(17)6-11(10)18)13(24)22(15(26)21-16)7-12(23)20-14(25)19-9-3-4-9/h2,5-6,9H,3-4,7H2,1H3,(H,21,26)(H2,19,20,23,25)/t16-/m1/s1. The van der Waals surface area contributed by atoms with Gasteiger partial charge in [-0.25, -0.2) is 9.59 Å². The van der Waals surface area contributed by atoms with Crippen LogP contribution >= 0.6 is 23.2 Å². The average Bonchev–Trinajstić information content (AvgIpc) is 3.31. The normalized spacial score (nSPS) is 22.2. The Morgan fingerprint density at radius 3 is 2.62 bits per heavy atom. The third-order valence-corrected chi connectivity index (χ3v) is 4.76. The van der Waals surface area contributed by atoms with Gasteiger partial charge in [0.05, 0.1) is 0 Å². The fraction of sp³-hybridized carbons (Fsp3) is 0.375. The number of carbonyl (C=O) groups excluding carboxylic acids is 4. The zero-order chi connectivity index (χ0) is 19.1. The van der Waals surface area contributed by atoms with E-state index < -0.39 is 36.0 Å². The largest absolute Gasteiger partial charge is 0.335 e. The Balaban J connectivity index is 1.71. The molecule has 1 aliphatic carbocycles. The van der Waals surface area contributed by atoms with Crippen LogP contribution in [0.1, 0.15) is 25.3 Å². The summed E-state index contributed by atoms with van der Waals surface area (Å²) in [6, 6.07) is 3.23. The molecule has 1 saturated heterocycles. The first-order valence-corrected chi connectivity index (χ1v) is 8.66. The lowest BCUT2D eigenvalue weighted by Crippen LogP contribution is -2.47. The molecular weight excluding hydrogens is 383 g/mol. The number of hydrogen-bond acceptors (Lipinski definition) is 4. The lowest BCUT2D eigenvalue weighted by Gasteiger charge is -2.23. The summed E-state index contributed by atoms with van der Waals surface area (Å²) in [5.74, 6) is -1.41. The van der Waals surface area contributed by atoms with Gasteiger partial charge in [-0.15, -0.1) is 0 Å². The highest BCUT2D eigenvalue weighted by molar-refractivity contribution is 6.35. The Morgan fingerprint density at radius 2 is 2.00 bits per heavy atom. The molecule has 26 heavy (non-hydrogen) atoms. The molecule has 0 bridgehead atoms. The first kappa shape index (κ1) is 18.5. The van der Waals surface area contributed by atoms with Crippen LogP contribution in [0.2, 0.25) is 10.0 Å². The van der Waals surface area contributed by atoms with E-state index >= 15 is 0 Å². The summed E-state index contributed by atoms with van der Waals surface area (Å²) < 4.78 is 0. The molecule has 1 atom stereocenters. The molecule has 1 saturated carbocycles. The minimum Gasteiger partial charge on any atom is -0.335 e. The number of carbonyl (C=O) groups is 4. The van der Waals surface area contributed by atoms with Crippen LogP contribution in [0.3, 0.4) is 0 Å². The quantitative estimate of drug-likeness (QED) is 0.671. The zero-order valence-corrected chi connectivity index (χ0v) is 15.3. The van der Waals surface area contributed by atoms with Gasteiger partial charge in [-0.05, 0) is 31.9 Å². The molecule has 3 N–H and O–H groups in total. The van der Waals surface area contributed by atoms with Crippen molar-refractivity contribution in [1.82, 2.24) is 20.9 Å². The fourth-order valence-electron chi connectivity index (χ4n) is 2.68. The zero-order valence-electron chi connectivity index (χ0n) is 13.8. The third-order valence-electron chi connectivity index (χ3n) is 4.21. The first-order valence-electron chi connectivity index (χ1n) is 7.90. The SMILES string of the molecule is C[C@]1(c2ccc(Cl)cc2Cl)NC(=O)N(CC(=O)NC(=O)NC2CC2)C1=O. The molecule has 1 aromatic rings. The monoisotopic (exact) mass is 398 g/mol. The fourth-order valence-corrected chi connectivity index (χ4v) is 3.27. The van der Waals surface area contributed by atoms with Crippen molar-refractivity contribution in [3.8, 4) is 0 Å². The second-order valence-corrected chi connectivity index (χ2v) is 7.21. The number of hydrogen-bond donors (Lipinski definition) is 3. The molecule has 0 unspecified atom stereocenters. The van der Waals surface area contributed by atoms with Crippen molar-refractivity contribution in [1.29, 1.82) is 0 Å². The Hall–Kier alpha value is -2.32. The molecule has 1 heterocycles. The second kappa shape index (κ2) is 6.77. The van der Waals surface area contributed by atoms with Gasteiger partial charge in [-0.2, -0.15) is 0 Å². The number of rotatable bonds is 4. The number of nitrogens with zero attached hydrogens (tertiary/aromatic N) is 1. The molecule has 0 aromatic heterocycles. The molecule has 0 spiro atoms. The van der Waals surface area contributed by atoms with Crippen LogP contribution in [-0.2, 0) is 15.1 Å². The number of amides is 6. The molecule has 2 fully saturated rings. The van der Waals surface area contributed by atoms with Crippen LogP contribution in [0.5, 0.6) is 0 Å². The van der Waals surface area contributed by atoms with E-state index in [1.54, 1.807) is 6.07 Å². The van der Waals surface area contributed by atoms with Crippen LogP contribution in [-0.4, -0.2) is 41.4 Å². The summed E-state index contributed by atoms with van der Waals surface area (Å²) in [5.41, 5.74) is -1.08.